The van der Waals surface area contributed by atoms with Crippen molar-refractivity contribution in [2.75, 3.05) is 51.2 Å². The second kappa shape index (κ2) is 10.3. The molecule has 1 aliphatic heterocycles. The molecule has 0 atom stereocenters. The highest BCUT2D eigenvalue weighted by Crippen LogP contribution is 2.15. The fourth-order valence-corrected chi connectivity index (χ4v) is 3.63. The maximum Gasteiger partial charge on any atom is 0.238 e. The predicted molar refractivity (Wildman–Crippen MR) is 118 cm³/mol. The molecule has 27 heavy (non-hydrogen) atoms. The number of amides is 1. The molecule has 1 N–H and O–H groups in total. The van der Waals surface area contributed by atoms with Crippen molar-refractivity contribution in [3.05, 3.63) is 57.1 Å². The second-order valence-electron chi connectivity index (χ2n) is 6.48. The van der Waals surface area contributed by atoms with Gasteiger partial charge in [-0.05, 0) is 65.1 Å². The summed E-state index contributed by atoms with van der Waals surface area (Å²) >= 11 is 8.11. The molecule has 3 rings (SSSR count). The first kappa shape index (κ1) is 20.4. The van der Waals surface area contributed by atoms with Crippen molar-refractivity contribution in [2.24, 2.45) is 0 Å². The first-order valence-corrected chi connectivity index (χ1v) is 10.4. The number of halogens is 2. The van der Waals surface area contributed by atoms with Gasteiger partial charge in [-0.25, -0.2) is 0 Å². The molecule has 0 unspecified atom stereocenters. The van der Waals surface area contributed by atoms with E-state index in [1.54, 1.807) is 0 Å². The summed E-state index contributed by atoms with van der Waals surface area (Å²) in [4.78, 5) is 16.8. The Morgan fingerprint density at radius 3 is 2.48 bits per heavy atom. The number of hydrogen-bond donors (Lipinski definition) is 1. The van der Waals surface area contributed by atoms with E-state index < -0.39 is 0 Å². The van der Waals surface area contributed by atoms with Crippen LogP contribution in [0.3, 0.4) is 0 Å². The summed E-state index contributed by atoms with van der Waals surface area (Å²) in [5, 5.41) is 3.68. The lowest BCUT2D eigenvalue weighted by Gasteiger charge is -2.34. The van der Waals surface area contributed by atoms with Crippen LogP contribution < -0.4 is 10.1 Å². The third kappa shape index (κ3) is 6.95. The number of carbonyl (C=O) groups is 1. The van der Waals surface area contributed by atoms with Crippen molar-refractivity contribution in [3.63, 3.8) is 0 Å². The SMILES string of the molecule is O=C(CN1CCN(CCOc2ccc(Cl)cc2)CC1)Nc1cccc(I)c1. The van der Waals surface area contributed by atoms with Gasteiger partial charge in [0.15, 0.2) is 0 Å². The Kier molecular flexibility index (Phi) is 7.75. The molecule has 0 bridgehead atoms. The van der Waals surface area contributed by atoms with Gasteiger partial charge in [0, 0.05) is 47.0 Å². The Morgan fingerprint density at radius 2 is 1.78 bits per heavy atom. The molecule has 2 aromatic carbocycles. The highest BCUT2D eigenvalue weighted by atomic mass is 127. The van der Waals surface area contributed by atoms with Crippen LogP contribution in [0.15, 0.2) is 48.5 Å². The van der Waals surface area contributed by atoms with E-state index in [9.17, 15) is 4.79 Å². The van der Waals surface area contributed by atoms with Crippen molar-refractivity contribution < 1.29 is 9.53 Å². The van der Waals surface area contributed by atoms with Gasteiger partial charge in [-0.3, -0.25) is 14.6 Å². The Labute approximate surface area is 178 Å². The molecule has 2 aromatic rings. The minimum Gasteiger partial charge on any atom is -0.492 e. The van der Waals surface area contributed by atoms with E-state index in [0.29, 0.717) is 18.2 Å². The number of hydrogen-bond acceptors (Lipinski definition) is 4. The third-order valence-electron chi connectivity index (χ3n) is 4.43. The summed E-state index contributed by atoms with van der Waals surface area (Å²) in [6, 6.07) is 15.3. The van der Waals surface area contributed by atoms with E-state index in [0.717, 1.165) is 47.7 Å². The van der Waals surface area contributed by atoms with Crippen molar-refractivity contribution in [1.82, 2.24) is 9.80 Å². The van der Waals surface area contributed by atoms with Crippen molar-refractivity contribution in [3.8, 4) is 5.75 Å². The van der Waals surface area contributed by atoms with E-state index in [1.807, 2.05) is 48.5 Å². The molecule has 1 aliphatic rings. The first-order chi connectivity index (χ1) is 13.1. The molecular weight excluding hydrogens is 477 g/mol. The minimum absolute atomic E-state index is 0.0384. The van der Waals surface area contributed by atoms with Gasteiger partial charge in [0.2, 0.25) is 5.91 Å². The lowest BCUT2D eigenvalue weighted by Crippen LogP contribution is -2.49. The number of nitrogens with one attached hydrogen (secondary N) is 1. The molecule has 0 spiro atoms. The number of ether oxygens (including phenoxy) is 1. The molecule has 1 fully saturated rings. The summed E-state index contributed by atoms with van der Waals surface area (Å²) in [7, 11) is 0. The number of nitrogens with zero attached hydrogens (tertiary/aromatic N) is 2. The quantitative estimate of drug-likeness (QED) is 0.592. The van der Waals surface area contributed by atoms with Gasteiger partial charge in [0.25, 0.3) is 0 Å². The van der Waals surface area contributed by atoms with Gasteiger partial charge in [-0.15, -0.1) is 0 Å². The summed E-state index contributed by atoms with van der Waals surface area (Å²) in [5.74, 6) is 0.877. The summed E-state index contributed by atoms with van der Waals surface area (Å²) in [6.07, 6.45) is 0. The van der Waals surface area contributed by atoms with E-state index in [-0.39, 0.29) is 5.91 Å². The second-order valence-corrected chi connectivity index (χ2v) is 8.16. The van der Waals surface area contributed by atoms with E-state index in [2.05, 4.69) is 37.7 Å². The molecule has 7 heteroatoms. The third-order valence-corrected chi connectivity index (χ3v) is 5.35. The molecule has 0 aromatic heterocycles. The zero-order valence-corrected chi connectivity index (χ0v) is 17.9. The zero-order chi connectivity index (χ0) is 19.1. The molecule has 0 radical (unpaired) electrons. The van der Waals surface area contributed by atoms with E-state index in [4.69, 9.17) is 16.3 Å². The van der Waals surface area contributed by atoms with E-state index in [1.165, 1.54) is 0 Å². The van der Waals surface area contributed by atoms with Crippen LogP contribution in [0.5, 0.6) is 5.75 Å². The van der Waals surface area contributed by atoms with Gasteiger partial charge >= 0.3 is 0 Å². The fraction of sp³-hybridized carbons (Fsp3) is 0.350. The Morgan fingerprint density at radius 1 is 1.07 bits per heavy atom. The largest absolute Gasteiger partial charge is 0.492 e. The van der Waals surface area contributed by atoms with Crippen LogP contribution >= 0.6 is 34.2 Å². The van der Waals surface area contributed by atoms with Crippen LogP contribution in [0.4, 0.5) is 5.69 Å². The van der Waals surface area contributed by atoms with Crippen LogP contribution in [0.25, 0.3) is 0 Å². The minimum atomic E-state index is 0.0384. The first-order valence-electron chi connectivity index (χ1n) is 8.97. The number of benzene rings is 2. The lowest BCUT2D eigenvalue weighted by atomic mass is 10.3. The summed E-state index contributed by atoms with van der Waals surface area (Å²) < 4.78 is 6.86. The van der Waals surface area contributed by atoms with Gasteiger partial charge < -0.3 is 10.1 Å². The number of piperazine rings is 1. The maximum atomic E-state index is 12.2. The molecule has 0 saturated carbocycles. The topological polar surface area (TPSA) is 44.8 Å². The molecule has 5 nitrogen and oxygen atoms in total. The Hall–Kier alpha value is -1.35. The van der Waals surface area contributed by atoms with Gasteiger partial charge in [0.05, 0.1) is 6.54 Å². The Bertz CT molecular complexity index is 749. The molecule has 1 heterocycles. The van der Waals surface area contributed by atoms with Crippen molar-refractivity contribution in [2.45, 2.75) is 0 Å². The van der Waals surface area contributed by atoms with Gasteiger partial charge in [-0.2, -0.15) is 0 Å². The molecule has 0 aliphatic carbocycles. The van der Waals surface area contributed by atoms with Crippen LogP contribution in [-0.2, 0) is 4.79 Å². The highest BCUT2D eigenvalue weighted by Gasteiger charge is 2.18. The standard InChI is InChI=1S/C20H23ClIN3O2/c21-16-4-6-19(7-5-16)27-13-12-24-8-10-25(11-9-24)15-20(26)23-18-3-1-2-17(22)14-18/h1-7,14H,8-13,15H2,(H,23,26). The molecule has 1 saturated heterocycles. The zero-order valence-electron chi connectivity index (χ0n) is 15.0. The number of anilines is 1. The number of carbonyl (C=O) groups excluding carboxylic acids is 1. The molecule has 144 valence electrons. The Balaban J connectivity index is 1.33. The van der Waals surface area contributed by atoms with Crippen molar-refractivity contribution in [1.29, 1.82) is 0 Å². The van der Waals surface area contributed by atoms with Crippen molar-refractivity contribution >= 4 is 45.8 Å². The molecule has 1 amide bonds. The van der Waals surface area contributed by atoms with E-state index >= 15 is 0 Å². The average molecular weight is 500 g/mol. The summed E-state index contributed by atoms with van der Waals surface area (Å²) in [6.45, 7) is 5.63. The average Bonchev–Trinajstić information content (AvgIpc) is 2.65. The van der Waals surface area contributed by atoms with Crippen LogP contribution in [0.2, 0.25) is 5.02 Å². The normalized spacial score (nSPS) is 15.5. The number of rotatable bonds is 7. The maximum absolute atomic E-state index is 12.2. The van der Waals surface area contributed by atoms with Gasteiger partial charge in [-0.1, -0.05) is 17.7 Å². The fourth-order valence-electron chi connectivity index (χ4n) is 2.96. The summed E-state index contributed by atoms with van der Waals surface area (Å²) in [5.41, 5.74) is 0.852. The molecular formula is C20H23ClIN3O2. The van der Waals surface area contributed by atoms with Crippen LogP contribution in [-0.4, -0.2) is 61.6 Å². The smallest absolute Gasteiger partial charge is 0.238 e. The van der Waals surface area contributed by atoms with Gasteiger partial charge in [0.1, 0.15) is 12.4 Å². The van der Waals surface area contributed by atoms with Crippen LogP contribution in [0.1, 0.15) is 0 Å². The predicted octanol–water partition coefficient (Wildman–Crippen LogP) is 3.58. The van der Waals surface area contributed by atoms with Crippen LogP contribution in [0, 0.1) is 3.57 Å². The lowest BCUT2D eigenvalue weighted by molar-refractivity contribution is -0.117. The monoisotopic (exact) mass is 499 g/mol. The highest BCUT2D eigenvalue weighted by molar-refractivity contribution is 14.1.